The number of nitrogens with zero attached hydrogens (tertiary/aromatic N) is 2. The summed E-state index contributed by atoms with van der Waals surface area (Å²) in [6.45, 7) is 4.67. The highest BCUT2D eigenvalue weighted by Crippen LogP contribution is 2.19. The molecule has 0 amide bonds. The van der Waals surface area contributed by atoms with Gasteiger partial charge in [-0.05, 0) is 30.8 Å². The summed E-state index contributed by atoms with van der Waals surface area (Å²) in [5, 5.41) is 0. The summed E-state index contributed by atoms with van der Waals surface area (Å²) in [6.07, 6.45) is 2.63. The molecule has 5 heteroatoms. The highest BCUT2D eigenvalue weighted by molar-refractivity contribution is 7.71. The SMILES string of the molecule is CCc1cnc(Cn2c(=S)[nH]c3c(C)cccc32)o1. The van der Waals surface area contributed by atoms with Crippen LogP contribution >= 0.6 is 12.2 Å². The highest BCUT2D eigenvalue weighted by atomic mass is 32.1. The number of hydrogen-bond acceptors (Lipinski definition) is 3. The van der Waals surface area contributed by atoms with Gasteiger partial charge in [0.2, 0.25) is 5.89 Å². The van der Waals surface area contributed by atoms with Crippen molar-refractivity contribution in [1.29, 1.82) is 0 Å². The number of aryl methyl sites for hydroxylation is 2. The van der Waals surface area contributed by atoms with Gasteiger partial charge in [0.25, 0.3) is 0 Å². The fourth-order valence-electron chi connectivity index (χ4n) is 2.20. The molecule has 2 aromatic heterocycles. The van der Waals surface area contributed by atoms with Crippen LogP contribution in [0.25, 0.3) is 11.0 Å². The molecule has 0 fully saturated rings. The van der Waals surface area contributed by atoms with Crippen LogP contribution in [0.15, 0.2) is 28.8 Å². The van der Waals surface area contributed by atoms with Crippen molar-refractivity contribution < 1.29 is 4.42 Å². The number of aromatic amines is 1. The number of benzene rings is 1. The minimum atomic E-state index is 0.558. The van der Waals surface area contributed by atoms with Crippen LogP contribution in [0.5, 0.6) is 0 Å². The number of oxazole rings is 1. The van der Waals surface area contributed by atoms with Gasteiger partial charge in [0.15, 0.2) is 4.77 Å². The fraction of sp³-hybridized carbons (Fsp3) is 0.286. The Morgan fingerprint density at radius 2 is 2.26 bits per heavy atom. The average molecular weight is 273 g/mol. The maximum Gasteiger partial charge on any atom is 0.214 e. The average Bonchev–Trinajstić information content (AvgIpc) is 2.97. The van der Waals surface area contributed by atoms with Gasteiger partial charge in [-0.25, -0.2) is 4.98 Å². The molecule has 19 heavy (non-hydrogen) atoms. The molecule has 1 N–H and O–H groups in total. The van der Waals surface area contributed by atoms with Crippen LogP contribution in [0.1, 0.15) is 24.1 Å². The van der Waals surface area contributed by atoms with E-state index in [4.69, 9.17) is 16.6 Å². The van der Waals surface area contributed by atoms with Crippen molar-refractivity contribution in [3.05, 3.63) is 46.4 Å². The third-order valence-electron chi connectivity index (χ3n) is 3.26. The zero-order valence-electron chi connectivity index (χ0n) is 10.9. The molecule has 4 nitrogen and oxygen atoms in total. The van der Waals surface area contributed by atoms with Crippen molar-refractivity contribution in [3.8, 4) is 0 Å². The van der Waals surface area contributed by atoms with Crippen LogP contribution in [0, 0.1) is 11.7 Å². The maximum absolute atomic E-state index is 5.65. The van der Waals surface area contributed by atoms with Crippen LogP contribution in [0.4, 0.5) is 0 Å². The van der Waals surface area contributed by atoms with Gasteiger partial charge in [0, 0.05) is 6.42 Å². The van der Waals surface area contributed by atoms with Crippen LogP contribution in [-0.4, -0.2) is 14.5 Å². The van der Waals surface area contributed by atoms with Crippen molar-refractivity contribution in [3.63, 3.8) is 0 Å². The summed E-state index contributed by atoms with van der Waals surface area (Å²) in [4.78, 5) is 7.53. The number of fused-ring (bicyclic) bond motifs is 1. The van der Waals surface area contributed by atoms with E-state index < -0.39 is 0 Å². The van der Waals surface area contributed by atoms with Crippen molar-refractivity contribution in [1.82, 2.24) is 14.5 Å². The second-order valence-electron chi connectivity index (χ2n) is 4.56. The number of nitrogens with one attached hydrogen (secondary N) is 1. The van der Waals surface area contributed by atoms with Crippen molar-refractivity contribution in [2.75, 3.05) is 0 Å². The van der Waals surface area contributed by atoms with Crippen molar-refractivity contribution in [2.24, 2.45) is 0 Å². The first-order chi connectivity index (χ1) is 9.19. The van der Waals surface area contributed by atoms with Crippen LogP contribution in [-0.2, 0) is 13.0 Å². The Balaban J connectivity index is 2.07. The molecular formula is C14H15N3OS. The normalized spacial score (nSPS) is 11.3. The molecule has 1 aromatic carbocycles. The van der Waals surface area contributed by atoms with Crippen LogP contribution in [0.2, 0.25) is 0 Å². The second kappa shape index (κ2) is 4.66. The van der Waals surface area contributed by atoms with Crippen molar-refractivity contribution in [2.45, 2.75) is 26.8 Å². The quantitative estimate of drug-likeness (QED) is 0.742. The molecule has 0 unspecified atom stereocenters. The number of hydrogen-bond donors (Lipinski definition) is 1. The van der Waals surface area contributed by atoms with Gasteiger partial charge in [-0.1, -0.05) is 19.1 Å². The number of aromatic nitrogens is 3. The van der Waals surface area contributed by atoms with E-state index in [1.54, 1.807) is 6.20 Å². The monoisotopic (exact) mass is 273 g/mol. The van der Waals surface area contributed by atoms with Gasteiger partial charge in [-0.3, -0.25) is 0 Å². The summed E-state index contributed by atoms with van der Waals surface area (Å²) in [7, 11) is 0. The molecule has 0 aliphatic rings. The molecule has 0 radical (unpaired) electrons. The molecule has 3 rings (SSSR count). The van der Waals surface area contributed by atoms with E-state index in [0.717, 1.165) is 23.2 Å². The van der Waals surface area contributed by atoms with Gasteiger partial charge < -0.3 is 14.0 Å². The fourth-order valence-corrected chi connectivity index (χ4v) is 2.47. The Labute approximate surface area is 116 Å². The third-order valence-corrected chi connectivity index (χ3v) is 3.58. The first kappa shape index (κ1) is 12.2. The van der Waals surface area contributed by atoms with Gasteiger partial charge in [-0.2, -0.15) is 0 Å². The van der Waals surface area contributed by atoms with E-state index in [9.17, 15) is 0 Å². The molecule has 0 saturated carbocycles. The zero-order chi connectivity index (χ0) is 13.4. The van der Waals surface area contributed by atoms with E-state index >= 15 is 0 Å². The van der Waals surface area contributed by atoms with Gasteiger partial charge in [0.05, 0.1) is 17.2 Å². The predicted molar refractivity (Wildman–Crippen MR) is 76.8 cm³/mol. The predicted octanol–water partition coefficient (Wildman–Crippen LogP) is 3.61. The Kier molecular flexibility index (Phi) is 2.98. The second-order valence-corrected chi connectivity index (χ2v) is 4.95. The summed E-state index contributed by atoms with van der Waals surface area (Å²) >= 11 is 5.38. The molecule has 3 aromatic rings. The van der Waals surface area contributed by atoms with Gasteiger partial charge >= 0.3 is 0 Å². The summed E-state index contributed by atoms with van der Waals surface area (Å²) in [5.74, 6) is 1.59. The van der Waals surface area contributed by atoms with E-state index in [0.29, 0.717) is 17.2 Å². The molecule has 0 bridgehead atoms. The Morgan fingerprint density at radius 3 is 3.00 bits per heavy atom. The van der Waals surface area contributed by atoms with Crippen LogP contribution < -0.4 is 0 Å². The van der Waals surface area contributed by atoms with Gasteiger partial charge in [-0.15, -0.1) is 0 Å². The summed E-state index contributed by atoms with van der Waals surface area (Å²) in [5.41, 5.74) is 3.35. The highest BCUT2D eigenvalue weighted by Gasteiger charge is 2.09. The smallest absolute Gasteiger partial charge is 0.214 e. The Bertz CT molecular complexity index is 781. The Hall–Kier alpha value is -1.88. The Morgan fingerprint density at radius 1 is 1.42 bits per heavy atom. The molecule has 0 aliphatic carbocycles. The van der Waals surface area contributed by atoms with E-state index in [2.05, 4.69) is 29.0 Å². The molecule has 0 aliphatic heterocycles. The lowest BCUT2D eigenvalue weighted by Gasteiger charge is -2.01. The molecule has 2 heterocycles. The molecule has 0 atom stereocenters. The number of imidazole rings is 1. The summed E-state index contributed by atoms with van der Waals surface area (Å²) < 4.78 is 8.36. The van der Waals surface area contributed by atoms with Crippen molar-refractivity contribution >= 4 is 23.3 Å². The summed E-state index contributed by atoms with van der Waals surface area (Å²) in [6, 6.07) is 6.15. The minimum Gasteiger partial charge on any atom is -0.444 e. The third kappa shape index (κ3) is 2.10. The maximum atomic E-state index is 5.65. The largest absolute Gasteiger partial charge is 0.444 e. The van der Waals surface area contributed by atoms with Gasteiger partial charge in [0.1, 0.15) is 12.3 Å². The lowest BCUT2D eigenvalue weighted by Crippen LogP contribution is -1.99. The standard InChI is InChI=1S/C14H15N3OS/c1-3-10-7-15-12(18-10)8-17-11-6-4-5-9(2)13(11)16-14(17)19/h4-7H,3,8H2,1-2H3,(H,16,19). The zero-order valence-corrected chi connectivity index (χ0v) is 11.8. The molecule has 0 saturated heterocycles. The lowest BCUT2D eigenvalue weighted by atomic mass is 10.2. The lowest BCUT2D eigenvalue weighted by molar-refractivity contribution is 0.447. The van der Waals surface area contributed by atoms with Crippen LogP contribution in [0.3, 0.4) is 0 Å². The van der Waals surface area contributed by atoms with E-state index in [1.807, 2.05) is 17.6 Å². The minimum absolute atomic E-state index is 0.558. The first-order valence-electron chi connectivity index (χ1n) is 6.30. The number of H-pyrrole nitrogens is 1. The van der Waals surface area contributed by atoms with E-state index in [1.165, 1.54) is 5.56 Å². The first-order valence-corrected chi connectivity index (χ1v) is 6.71. The molecular weight excluding hydrogens is 258 g/mol. The molecule has 98 valence electrons. The number of para-hydroxylation sites is 1. The topological polar surface area (TPSA) is 46.8 Å². The number of rotatable bonds is 3. The van der Waals surface area contributed by atoms with E-state index in [-0.39, 0.29) is 0 Å². The molecule has 0 spiro atoms.